The van der Waals surface area contributed by atoms with Crippen LogP contribution in [0.25, 0.3) is 0 Å². The first kappa shape index (κ1) is 12.7. The van der Waals surface area contributed by atoms with Gasteiger partial charge >= 0.3 is 0 Å². The highest BCUT2D eigenvalue weighted by Crippen LogP contribution is 2.35. The molecule has 0 aromatic heterocycles. The number of likely N-dealkylation sites (tertiary alicyclic amines) is 1. The Morgan fingerprint density at radius 2 is 2.25 bits per heavy atom. The van der Waals surface area contributed by atoms with Gasteiger partial charge < -0.3 is 5.73 Å². The molecule has 0 amide bonds. The third kappa shape index (κ3) is 2.57. The van der Waals surface area contributed by atoms with Gasteiger partial charge in [-0.1, -0.05) is 13.3 Å². The van der Waals surface area contributed by atoms with Gasteiger partial charge in [0.15, 0.2) is 0 Å². The van der Waals surface area contributed by atoms with E-state index in [0.717, 1.165) is 12.5 Å². The molecule has 0 saturated carbocycles. The molecule has 0 radical (unpaired) electrons. The van der Waals surface area contributed by atoms with E-state index in [9.17, 15) is 0 Å². The number of nitrogens with zero attached hydrogens (tertiary/aromatic N) is 1. The molecule has 2 N–H and O–H groups in total. The quantitative estimate of drug-likeness (QED) is 0.823. The fourth-order valence-corrected chi connectivity index (χ4v) is 4.68. The minimum atomic E-state index is 0.354. The molecule has 0 aliphatic carbocycles. The van der Waals surface area contributed by atoms with E-state index in [1.807, 2.05) is 0 Å². The van der Waals surface area contributed by atoms with E-state index in [0.29, 0.717) is 5.54 Å². The van der Waals surface area contributed by atoms with Crippen LogP contribution in [0.1, 0.15) is 39.0 Å². The smallest absolute Gasteiger partial charge is 0.0429 e. The molecule has 16 heavy (non-hydrogen) atoms. The zero-order chi connectivity index (χ0) is 11.4. The average Bonchev–Trinajstić information content (AvgIpc) is 2.68. The van der Waals surface area contributed by atoms with E-state index in [4.69, 9.17) is 5.73 Å². The maximum Gasteiger partial charge on any atom is 0.0429 e. The van der Waals surface area contributed by atoms with Crippen LogP contribution in [0.2, 0.25) is 0 Å². The van der Waals surface area contributed by atoms with Crippen LogP contribution >= 0.6 is 11.8 Å². The van der Waals surface area contributed by atoms with Crippen molar-refractivity contribution in [1.82, 2.24) is 4.90 Å². The normalized spacial score (nSPS) is 37.5. The zero-order valence-corrected chi connectivity index (χ0v) is 11.4. The van der Waals surface area contributed by atoms with Gasteiger partial charge in [-0.3, -0.25) is 4.90 Å². The monoisotopic (exact) mass is 242 g/mol. The Kier molecular flexibility index (Phi) is 4.57. The second kappa shape index (κ2) is 5.74. The second-order valence-corrected chi connectivity index (χ2v) is 6.53. The lowest BCUT2D eigenvalue weighted by Crippen LogP contribution is -2.54. The summed E-state index contributed by atoms with van der Waals surface area (Å²) >= 11 is 2.09. The summed E-state index contributed by atoms with van der Waals surface area (Å²) in [6, 6.07) is 0. The first-order chi connectivity index (χ1) is 7.80. The Bertz CT molecular complexity index is 214. The van der Waals surface area contributed by atoms with Crippen molar-refractivity contribution in [2.75, 3.05) is 31.1 Å². The molecule has 2 unspecified atom stereocenters. The Balaban J connectivity index is 1.97. The largest absolute Gasteiger partial charge is 0.329 e. The van der Waals surface area contributed by atoms with Crippen LogP contribution in [-0.4, -0.2) is 41.6 Å². The van der Waals surface area contributed by atoms with Crippen LogP contribution in [0.3, 0.4) is 0 Å². The van der Waals surface area contributed by atoms with Crippen molar-refractivity contribution in [2.24, 2.45) is 11.7 Å². The molecule has 0 aromatic carbocycles. The maximum atomic E-state index is 6.06. The minimum Gasteiger partial charge on any atom is -0.329 e. The fraction of sp³-hybridized carbons (Fsp3) is 1.00. The van der Waals surface area contributed by atoms with Crippen LogP contribution in [0.5, 0.6) is 0 Å². The fourth-order valence-electron chi connectivity index (χ4n) is 3.18. The summed E-state index contributed by atoms with van der Waals surface area (Å²) in [6.07, 6.45) is 6.87. The van der Waals surface area contributed by atoms with Gasteiger partial charge in [0.1, 0.15) is 0 Å². The van der Waals surface area contributed by atoms with Crippen molar-refractivity contribution in [3.05, 3.63) is 0 Å². The topological polar surface area (TPSA) is 29.3 Å². The third-order valence-electron chi connectivity index (χ3n) is 4.56. The van der Waals surface area contributed by atoms with Crippen LogP contribution in [0.15, 0.2) is 0 Å². The molecule has 2 rings (SSSR count). The van der Waals surface area contributed by atoms with Gasteiger partial charge in [-0.25, -0.2) is 0 Å². The molecule has 0 spiro atoms. The van der Waals surface area contributed by atoms with Crippen molar-refractivity contribution in [3.8, 4) is 0 Å². The van der Waals surface area contributed by atoms with Crippen molar-refractivity contribution in [1.29, 1.82) is 0 Å². The van der Waals surface area contributed by atoms with E-state index in [1.165, 1.54) is 56.7 Å². The summed E-state index contributed by atoms with van der Waals surface area (Å²) in [5, 5.41) is 0. The van der Waals surface area contributed by atoms with E-state index < -0.39 is 0 Å². The maximum absolute atomic E-state index is 6.06. The molecule has 2 atom stereocenters. The molecule has 2 saturated heterocycles. The van der Waals surface area contributed by atoms with Crippen LogP contribution < -0.4 is 5.73 Å². The summed E-state index contributed by atoms with van der Waals surface area (Å²) in [5.74, 6) is 3.54. The predicted molar refractivity (Wildman–Crippen MR) is 72.9 cm³/mol. The van der Waals surface area contributed by atoms with Crippen LogP contribution in [-0.2, 0) is 0 Å². The first-order valence-corrected chi connectivity index (χ1v) is 7.99. The van der Waals surface area contributed by atoms with Gasteiger partial charge in [0.25, 0.3) is 0 Å². The highest BCUT2D eigenvalue weighted by Gasteiger charge is 2.39. The molecule has 0 aromatic rings. The van der Waals surface area contributed by atoms with Crippen molar-refractivity contribution in [3.63, 3.8) is 0 Å². The summed E-state index contributed by atoms with van der Waals surface area (Å²) in [7, 11) is 0. The van der Waals surface area contributed by atoms with Crippen molar-refractivity contribution >= 4 is 11.8 Å². The van der Waals surface area contributed by atoms with Gasteiger partial charge in [0.05, 0.1) is 0 Å². The van der Waals surface area contributed by atoms with Gasteiger partial charge in [-0.15, -0.1) is 0 Å². The number of rotatable bonds is 3. The van der Waals surface area contributed by atoms with E-state index in [2.05, 4.69) is 23.6 Å². The number of thioether (sulfide) groups is 1. The van der Waals surface area contributed by atoms with Gasteiger partial charge in [0, 0.05) is 17.8 Å². The lowest BCUT2D eigenvalue weighted by atomic mass is 9.95. The van der Waals surface area contributed by atoms with Crippen molar-refractivity contribution < 1.29 is 0 Å². The standard InChI is InChI=1S/C13H26N2S/c1-2-12-4-3-7-15(8-5-12)13(10-14)6-9-16-11-13/h12H,2-11,14H2,1H3. The summed E-state index contributed by atoms with van der Waals surface area (Å²) in [5.41, 5.74) is 6.42. The molecule has 2 aliphatic rings. The third-order valence-corrected chi connectivity index (χ3v) is 5.79. The number of hydrogen-bond donors (Lipinski definition) is 1. The van der Waals surface area contributed by atoms with E-state index in [-0.39, 0.29) is 0 Å². The summed E-state index contributed by atoms with van der Waals surface area (Å²) < 4.78 is 0. The Labute approximate surface area is 104 Å². The molecule has 94 valence electrons. The molecule has 0 bridgehead atoms. The second-order valence-electron chi connectivity index (χ2n) is 5.42. The Hall–Kier alpha value is 0.270. The average molecular weight is 242 g/mol. The molecule has 2 fully saturated rings. The number of nitrogens with two attached hydrogens (primary N) is 1. The lowest BCUT2D eigenvalue weighted by molar-refractivity contribution is 0.120. The van der Waals surface area contributed by atoms with Gasteiger partial charge in [-0.05, 0) is 50.4 Å². The van der Waals surface area contributed by atoms with Gasteiger partial charge in [-0.2, -0.15) is 11.8 Å². The molecular formula is C13H26N2S. The van der Waals surface area contributed by atoms with Gasteiger partial charge in [0.2, 0.25) is 0 Å². The molecule has 3 heteroatoms. The lowest BCUT2D eigenvalue weighted by Gasteiger charge is -2.39. The van der Waals surface area contributed by atoms with E-state index in [1.54, 1.807) is 0 Å². The predicted octanol–water partition coefficient (Wildman–Crippen LogP) is 2.33. The Morgan fingerprint density at radius 1 is 1.38 bits per heavy atom. The van der Waals surface area contributed by atoms with Crippen LogP contribution in [0, 0.1) is 5.92 Å². The summed E-state index contributed by atoms with van der Waals surface area (Å²) in [6.45, 7) is 5.77. The van der Waals surface area contributed by atoms with E-state index >= 15 is 0 Å². The zero-order valence-electron chi connectivity index (χ0n) is 10.6. The summed E-state index contributed by atoms with van der Waals surface area (Å²) in [4.78, 5) is 2.72. The highest BCUT2D eigenvalue weighted by molar-refractivity contribution is 7.99. The van der Waals surface area contributed by atoms with Crippen LogP contribution in [0.4, 0.5) is 0 Å². The molecular weight excluding hydrogens is 216 g/mol. The SMILES string of the molecule is CCC1CCCN(C2(CN)CCSC2)CC1. The highest BCUT2D eigenvalue weighted by atomic mass is 32.2. The molecule has 2 nitrogen and oxygen atoms in total. The molecule has 2 heterocycles. The molecule has 2 aliphatic heterocycles. The number of hydrogen-bond acceptors (Lipinski definition) is 3. The first-order valence-electron chi connectivity index (χ1n) is 6.83. The Morgan fingerprint density at radius 3 is 2.88 bits per heavy atom. The minimum absolute atomic E-state index is 0.354. The van der Waals surface area contributed by atoms with Crippen molar-refractivity contribution in [2.45, 2.75) is 44.6 Å².